The Bertz CT molecular complexity index is 111. The molecule has 0 amide bonds. The van der Waals surface area contributed by atoms with Crippen molar-refractivity contribution in [3.05, 3.63) is 0 Å². The van der Waals surface area contributed by atoms with Crippen LogP contribution in [0.3, 0.4) is 0 Å². The minimum atomic E-state index is 0.229. The van der Waals surface area contributed by atoms with Gasteiger partial charge in [0.2, 0.25) is 0 Å². The van der Waals surface area contributed by atoms with Crippen molar-refractivity contribution in [2.45, 2.75) is 46.6 Å². The van der Waals surface area contributed by atoms with Gasteiger partial charge in [-0.25, -0.2) is 0 Å². The highest BCUT2D eigenvalue weighted by atomic mass is 16.5. The van der Waals surface area contributed by atoms with Gasteiger partial charge in [-0.05, 0) is 24.7 Å². The van der Waals surface area contributed by atoms with Crippen molar-refractivity contribution in [1.29, 1.82) is 0 Å². The van der Waals surface area contributed by atoms with E-state index in [4.69, 9.17) is 9.84 Å². The number of hydrogen-bond acceptors (Lipinski definition) is 2. The third-order valence-corrected chi connectivity index (χ3v) is 2.08. The fraction of sp³-hybridized carbons (Fsp3) is 1.00. The van der Waals surface area contributed by atoms with E-state index in [2.05, 4.69) is 27.7 Å². The normalized spacial score (nSPS) is 14.1. The first-order valence-electron chi connectivity index (χ1n) is 5.30. The quantitative estimate of drug-likeness (QED) is 0.622. The predicted octanol–water partition coefficient (Wildman–Crippen LogP) is 2.46. The maximum Gasteiger partial charge on any atom is 0.0600 e. The largest absolute Gasteiger partial charge is 0.396 e. The predicted molar refractivity (Wildman–Crippen MR) is 55.7 cm³/mol. The fourth-order valence-corrected chi connectivity index (χ4v) is 1.30. The first-order valence-corrected chi connectivity index (χ1v) is 5.30. The summed E-state index contributed by atoms with van der Waals surface area (Å²) in [6.45, 7) is 9.71. The van der Waals surface area contributed by atoms with Crippen LogP contribution in [-0.2, 0) is 4.74 Å². The highest BCUT2D eigenvalue weighted by Crippen LogP contribution is 2.16. The van der Waals surface area contributed by atoms with Gasteiger partial charge in [0.15, 0.2) is 0 Å². The average Bonchev–Trinajstić information content (AvgIpc) is 2.02. The Hall–Kier alpha value is -0.0800. The molecule has 0 aromatic rings. The van der Waals surface area contributed by atoms with Crippen LogP contribution in [0.25, 0.3) is 0 Å². The highest BCUT2D eigenvalue weighted by molar-refractivity contribution is 4.64. The second kappa shape index (κ2) is 7.34. The summed E-state index contributed by atoms with van der Waals surface area (Å²) in [5.41, 5.74) is 0. The van der Waals surface area contributed by atoms with E-state index in [0.717, 1.165) is 12.8 Å². The Morgan fingerprint density at radius 1 is 1.15 bits per heavy atom. The van der Waals surface area contributed by atoms with E-state index in [0.29, 0.717) is 24.5 Å². The molecule has 1 unspecified atom stereocenters. The third-order valence-electron chi connectivity index (χ3n) is 2.08. The second-order valence-electron chi connectivity index (χ2n) is 4.36. The molecule has 0 radical (unpaired) electrons. The zero-order valence-electron chi connectivity index (χ0n) is 9.42. The van der Waals surface area contributed by atoms with Gasteiger partial charge in [0.1, 0.15) is 0 Å². The van der Waals surface area contributed by atoms with Gasteiger partial charge < -0.3 is 9.84 Å². The number of hydrogen-bond donors (Lipinski definition) is 1. The molecule has 0 aliphatic carbocycles. The molecule has 0 heterocycles. The molecular weight excluding hydrogens is 164 g/mol. The van der Waals surface area contributed by atoms with E-state index in [1.807, 2.05) is 0 Å². The van der Waals surface area contributed by atoms with Crippen LogP contribution in [0.1, 0.15) is 40.5 Å². The topological polar surface area (TPSA) is 29.5 Å². The lowest BCUT2D eigenvalue weighted by atomic mass is 9.97. The second-order valence-corrected chi connectivity index (χ2v) is 4.36. The van der Waals surface area contributed by atoms with Crippen molar-refractivity contribution in [1.82, 2.24) is 0 Å². The summed E-state index contributed by atoms with van der Waals surface area (Å²) in [5, 5.41) is 8.62. The first-order chi connectivity index (χ1) is 6.07. The van der Waals surface area contributed by atoms with E-state index in [1.54, 1.807) is 0 Å². The number of rotatable bonds is 7. The molecular formula is C11H24O2. The smallest absolute Gasteiger partial charge is 0.0600 e. The van der Waals surface area contributed by atoms with Crippen LogP contribution in [0.2, 0.25) is 0 Å². The Kier molecular flexibility index (Phi) is 7.29. The molecule has 0 rings (SSSR count). The standard InChI is InChI=1S/C11H24O2/c1-9(2)8-11(10(3)4)13-7-5-6-12/h9-12H,5-8H2,1-4H3. The van der Waals surface area contributed by atoms with Crippen LogP contribution in [0.5, 0.6) is 0 Å². The van der Waals surface area contributed by atoms with Gasteiger partial charge in [-0.3, -0.25) is 0 Å². The fourth-order valence-electron chi connectivity index (χ4n) is 1.30. The van der Waals surface area contributed by atoms with E-state index in [1.165, 1.54) is 0 Å². The average molecular weight is 188 g/mol. The zero-order valence-corrected chi connectivity index (χ0v) is 9.42. The Balaban J connectivity index is 3.67. The summed E-state index contributed by atoms with van der Waals surface area (Å²) in [6.07, 6.45) is 2.22. The lowest BCUT2D eigenvalue weighted by molar-refractivity contribution is 0.00309. The van der Waals surface area contributed by atoms with Crippen molar-refractivity contribution in [3.63, 3.8) is 0 Å². The molecule has 2 heteroatoms. The van der Waals surface area contributed by atoms with Crippen LogP contribution in [0.4, 0.5) is 0 Å². The lowest BCUT2D eigenvalue weighted by Gasteiger charge is -2.23. The van der Waals surface area contributed by atoms with E-state index in [-0.39, 0.29) is 6.61 Å². The van der Waals surface area contributed by atoms with Crippen LogP contribution < -0.4 is 0 Å². The van der Waals surface area contributed by atoms with Gasteiger partial charge in [0.05, 0.1) is 6.10 Å². The molecule has 0 aliphatic rings. The summed E-state index contributed by atoms with van der Waals surface area (Å²) in [5.74, 6) is 1.25. The molecule has 80 valence electrons. The van der Waals surface area contributed by atoms with Gasteiger partial charge in [-0.2, -0.15) is 0 Å². The maximum absolute atomic E-state index is 8.62. The maximum atomic E-state index is 8.62. The third kappa shape index (κ3) is 7.03. The molecule has 0 fully saturated rings. The molecule has 13 heavy (non-hydrogen) atoms. The molecule has 0 bridgehead atoms. The molecule has 1 N–H and O–H groups in total. The molecule has 0 aromatic carbocycles. The Labute approximate surface area is 82.3 Å². The SMILES string of the molecule is CC(C)CC(OCCCO)C(C)C. The molecule has 0 saturated heterocycles. The summed E-state index contributed by atoms with van der Waals surface area (Å²) in [4.78, 5) is 0. The molecule has 0 aromatic heterocycles. The summed E-state index contributed by atoms with van der Waals surface area (Å²) in [6, 6.07) is 0. The molecule has 0 spiro atoms. The molecule has 2 nitrogen and oxygen atoms in total. The van der Waals surface area contributed by atoms with Crippen LogP contribution in [0, 0.1) is 11.8 Å². The first kappa shape index (κ1) is 12.9. The van der Waals surface area contributed by atoms with Gasteiger partial charge in [0.25, 0.3) is 0 Å². The van der Waals surface area contributed by atoms with Gasteiger partial charge in [-0.1, -0.05) is 27.7 Å². The number of aliphatic hydroxyl groups excluding tert-OH is 1. The van der Waals surface area contributed by atoms with E-state index >= 15 is 0 Å². The lowest BCUT2D eigenvalue weighted by Crippen LogP contribution is -2.22. The van der Waals surface area contributed by atoms with Crippen LogP contribution in [0.15, 0.2) is 0 Å². The summed E-state index contributed by atoms with van der Waals surface area (Å²) in [7, 11) is 0. The van der Waals surface area contributed by atoms with Crippen molar-refractivity contribution in [3.8, 4) is 0 Å². The number of aliphatic hydroxyl groups is 1. The molecule has 0 aliphatic heterocycles. The Morgan fingerprint density at radius 2 is 1.77 bits per heavy atom. The molecule has 1 atom stereocenters. The van der Waals surface area contributed by atoms with E-state index < -0.39 is 0 Å². The summed E-state index contributed by atoms with van der Waals surface area (Å²) < 4.78 is 5.69. The minimum Gasteiger partial charge on any atom is -0.396 e. The van der Waals surface area contributed by atoms with Crippen LogP contribution >= 0.6 is 0 Å². The van der Waals surface area contributed by atoms with Crippen molar-refractivity contribution >= 4 is 0 Å². The van der Waals surface area contributed by atoms with Crippen LogP contribution in [-0.4, -0.2) is 24.4 Å². The van der Waals surface area contributed by atoms with Crippen molar-refractivity contribution in [2.75, 3.05) is 13.2 Å². The minimum absolute atomic E-state index is 0.229. The molecule has 0 saturated carbocycles. The zero-order chi connectivity index (χ0) is 10.3. The highest BCUT2D eigenvalue weighted by Gasteiger charge is 2.14. The van der Waals surface area contributed by atoms with Gasteiger partial charge in [0, 0.05) is 13.2 Å². The number of ether oxygens (including phenoxy) is 1. The summed E-state index contributed by atoms with van der Waals surface area (Å²) >= 11 is 0. The Morgan fingerprint density at radius 3 is 2.15 bits per heavy atom. The van der Waals surface area contributed by atoms with E-state index in [9.17, 15) is 0 Å². The monoisotopic (exact) mass is 188 g/mol. The van der Waals surface area contributed by atoms with Gasteiger partial charge in [-0.15, -0.1) is 0 Å². The van der Waals surface area contributed by atoms with Crippen molar-refractivity contribution < 1.29 is 9.84 Å². The van der Waals surface area contributed by atoms with Gasteiger partial charge >= 0.3 is 0 Å². The van der Waals surface area contributed by atoms with Crippen molar-refractivity contribution in [2.24, 2.45) is 11.8 Å².